The summed E-state index contributed by atoms with van der Waals surface area (Å²) in [5.41, 5.74) is 1.77. The zero-order valence-electron chi connectivity index (χ0n) is 15.3. The van der Waals surface area contributed by atoms with Crippen LogP contribution < -0.4 is 15.4 Å². The molecule has 0 aliphatic rings. The Balaban J connectivity index is 1.50. The number of nitrogens with zero attached hydrogens (tertiary/aromatic N) is 1. The molecule has 1 heterocycles. The number of benzene rings is 1. The fraction of sp³-hybridized carbons (Fsp3) is 0.368. The monoisotopic (exact) mass is 389 g/mol. The van der Waals surface area contributed by atoms with Crippen LogP contribution in [-0.4, -0.2) is 31.7 Å². The van der Waals surface area contributed by atoms with Gasteiger partial charge in [0.25, 0.3) is 0 Å². The van der Waals surface area contributed by atoms with Gasteiger partial charge in [0.15, 0.2) is 5.96 Å². The van der Waals surface area contributed by atoms with Gasteiger partial charge in [-0.1, -0.05) is 43.2 Å². The molecule has 0 unspecified atom stereocenters. The second kappa shape index (κ2) is 11.3. The van der Waals surface area contributed by atoms with Crippen LogP contribution in [0.25, 0.3) is 0 Å². The topological polar surface area (TPSA) is 107 Å². The highest BCUT2D eigenvalue weighted by Crippen LogP contribution is 2.04. The molecule has 4 N–H and O–H groups in total. The van der Waals surface area contributed by atoms with Crippen LogP contribution in [0.5, 0.6) is 0 Å². The van der Waals surface area contributed by atoms with Crippen LogP contribution in [0.1, 0.15) is 31.2 Å². The number of anilines is 1. The molecule has 2 aromatic rings. The number of hydrogen-bond donors (Lipinski definition) is 4. The van der Waals surface area contributed by atoms with Gasteiger partial charge in [-0.25, -0.2) is 13.1 Å². The fourth-order valence-corrected chi connectivity index (χ4v) is 3.58. The lowest BCUT2D eigenvalue weighted by molar-refractivity contribution is 0.573. The molecule has 0 amide bonds. The van der Waals surface area contributed by atoms with Crippen molar-refractivity contribution >= 4 is 21.7 Å². The Kier molecular flexibility index (Phi) is 8.73. The molecule has 27 heavy (non-hydrogen) atoms. The zero-order valence-corrected chi connectivity index (χ0v) is 16.1. The second-order valence-electron chi connectivity index (χ2n) is 6.20. The molecule has 0 atom stereocenters. The Morgan fingerprint density at radius 3 is 2.41 bits per heavy atom. The van der Waals surface area contributed by atoms with Crippen molar-refractivity contribution in [2.45, 2.75) is 32.2 Å². The van der Waals surface area contributed by atoms with E-state index in [9.17, 15) is 8.42 Å². The number of pyridine rings is 1. The predicted molar refractivity (Wildman–Crippen MR) is 109 cm³/mol. The van der Waals surface area contributed by atoms with E-state index in [1.165, 1.54) is 0 Å². The van der Waals surface area contributed by atoms with Gasteiger partial charge in [-0.2, -0.15) is 0 Å². The third-order valence-electron chi connectivity index (χ3n) is 3.93. The summed E-state index contributed by atoms with van der Waals surface area (Å²) in [5.74, 6) is 0.390. The summed E-state index contributed by atoms with van der Waals surface area (Å²) >= 11 is 0. The van der Waals surface area contributed by atoms with E-state index in [2.05, 4.69) is 20.3 Å². The highest BCUT2D eigenvalue weighted by Gasteiger charge is 2.09. The van der Waals surface area contributed by atoms with Crippen LogP contribution >= 0.6 is 0 Å². The molecule has 0 radical (unpaired) electrons. The second-order valence-corrected chi connectivity index (χ2v) is 8.13. The maximum atomic E-state index is 12.0. The first-order valence-corrected chi connectivity index (χ1v) is 10.7. The SMILES string of the molecule is N=C(NCCCCCCS(=O)(=O)NCc1ccccc1)Nc1ccncc1. The van der Waals surface area contributed by atoms with Gasteiger partial charge in [-0.05, 0) is 30.5 Å². The molecule has 0 bridgehead atoms. The molecule has 0 saturated heterocycles. The lowest BCUT2D eigenvalue weighted by atomic mass is 10.2. The van der Waals surface area contributed by atoms with E-state index in [1.54, 1.807) is 24.5 Å². The van der Waals surface area contributed by atoms with Gasteiger partial charge in [-0.3, -0.25) is 10.4 Å². The first-order chi connectivity index (χ1) is 13.1. The summed E-state index contributed by atoms with van der Waals surface area (Å²) in [6.07, 6.45) is 6.62. The maximum absolute atomic E-state index is 12.0. The van der Waals surface area contributed by atoms with Crippen molar-refractivity contribution in [2.24, 2.45) is 0 Å². The van der Waals surface area contributed by atoms with Gasteiger partial charge < -0.3 is 10.6 Å². The third kappa shape index (κ3) is 9.16. The van der Waals surface area contributed by atoms with Gasteiger partial charge >= 0.3 is 0 Å². The summed E-state index contributed by atoms with van der Waals surface area (Å²) in [5, 5.41) is 13.7. The largest absolute Gasteiger partial charge is 0.356 e. The molecule has 0 fully saturated rings. The minimum atomic E-state index is -3.24. The Labute approximate surface area is 161 Å². The molecule has 0 aliphatic carbocycles. The molecule has 8 heteroatoms. The lowest BCUT2D eigenvalue weighted by Gasteiger charge is -2.10. The van der Waals surface area contributed by atoms with E-state index in [-0.39, 0.29) is 11.7 Å². The molecule has 0 aliphatic heterocycles. The molecule has 1 aromatic carbocycles. The van der Waals surface area contributed by atoms with Crippen molar-refractivity contribution in [3.8, 4) is 0 Å². The zero-order chi connectivity index (χ0) is 19.4. The van der Waals surface area contributed by atoms with E-state index < -0.39 is 10.0 Å². The van der Waals surface area contributed by atoms with Gasteiger partial charge in [0.2, 0.25) is 10.0 Å². The smallest absolute Gasteiger partial charge is 0.211 e. The van der Waals surface area contributed by atoms with Crippen molar-refractivity contribution in [3.05, 3.63) is 60.4 Å². The van der Waals surface area contributed by atoms with Gasteiger partial charge in [-0.15, -0.1) is 0 Å². The van der Waals surface area contributed by atoms with Crippen LogP contribution in [0.3, 0.4) is 0 Å². The van der Waals surface area contributed by atoms with Crippen LogP contribution in [0.15, 0.2) is 54.9 Å². The summed E-state index contributed by atoms with van der Waals surface area (Å²) < 4.78 is 26.6. The van der Waals surface area contributed by atoms with Crippen molar-refractivity contribution in [1.82, 2.24) is 15.0 Å². The van der Waals surface area contributed by atoms with Crippen LogP contribution in [-0.2, 0) is 16.6 Å². The van der Waals surface area contributed by atoms with Crippen molar-refractivity contribution < 1.29 is 8.42 Å². The third-order valence-corrected chi connectivity index (χ3v) is 5.34. The van der Waals surface area contributed by atoms with Crippen LogP contribution in [0, 0.1) is 5.41 Å². The number of rotatable bonds is 11. The standard InChI is InChI=1S/C19H27N5O2S/c20-19(24-18-10-13-21-14-11-18)22-12-6-1-2-7-15-27(25,26)23-16-17-8-4-3-5-9-17/h3-5,8-11,13-14,23H,1-2,6-7,12,15-16H2,(H3,20,21,22,24). The average molecular weight is 390 g/mol. The first kappa shape index (κ1) is 20.9. The molecule has 1 aromatic heterocycles. The highest BCUT2D eigenvalue weighted by molar-refractivity contribution is 7.89. The van der Waals surface area contributed by atoms with Crippen LogP contribution in [0.2, 0.25) is 0 Å². The summed E-state index contributed by atoms with van der Waals surface area (Å²) in [4.78, 5) is 3.92. The van der Waals surface area contributed by atoms with E-state index >= 15 is 0 Å². The highest BCUT2D eigenvalue weighted by atomic mass is 32.2. The summed E-state index contributed by atoms with van der Waals surface area (Å²) in [6, 6.07) is 13.1. The normalized spacial score (nSPS) is 11.1. The summed E-state index contributed by atoms with van der Waals surface area (Å²) in [6.45, 7) is 1.01. The number of unbranched alkanes of at least 4 members (excludes halogenated alkanes) is 3. The van der Waals surface area contributed by atoms with Crippen molar-refractivity contribution in [3.63, 3.8) is 0 Å². The molecule has 2 rings (SSSR count). The Morgan fingerprint density at radius 1 is 0.963 bits per heavy atom. The lowest BCUT2D eigenvalue weighted by Crippen LogP contribution is -2.30. The van der Waals surface area contributed by atoms with E-state index in [0.717, 1.165) is 30.5 Å². The van der Waals surface area contributed by atoms with E-state index in [1.807, 2.05) is 30.3 Å². The molecule has 0 saturated carbocycles. The fourth-order valence-electron chi connectivity index (χ4n) is 2.47. The van der Waals surface area contributed by atoms with E-state index in [4.69, 9.17) is 5.41 Å². The Bertz CT molecular complexity index is 782. The molecular formula is C19H27N5O2S. The van der Waals surface area contributed by atoms with Crippen molar-refractivity contribution in [2.75, 3.05) is 17.6 Å². The number of hydrogen-bond acceptors (Lipinski definition) is 4. The minimum Gasteiger partial charge on any atom is -0.356 e. The molecule has 0 spiro atoms. The Hall–Kier alpha value is -2.45. The van der Waals surface area contributed by atoms with Crippen LogP contribution in [0.4, 0.5) is 5.69 Å². The Morgan fingerprint density at radius 2 is 1.67 bits per heavy atom. The molecule has 146 valence electrons. The number of guanidine groups is 1. The summed E-state index contributed by atoms with van der Waals surface area (Å²) in [7, 11) is -3.24. The van der Waals surface area contributed by atoms with Crippen molar-refractivity contribution in [1.29, 1.82) is 5.41 Å². The number of aromatic nitrogens is 1. The average Bonchev–Trinajstić information content (AvgIpc) is 2.67. The van der Waals surface area contributed by atoms with Gasteiger partial charge in [0.05, 0.1) is 5.75 Å². The van der Waals surface area contributed by atoms with Gasteiger partial charge in [0, 0.05) is 31.2 Å². The maximum Gasteiger partial charge on any atom is 0.211 e. The number of nitrogens with one attached hydrogen (secondary N) is 4. The first-order valence-electron chi connectivity index (χ1n) is 9.06. The predicted octanol–water partition coefficient (Wildman–Crippen LogP) is 2.70. The quantitative estimate of drug-likeness (QED) is 0.269. The molecular weight excluding hydrogens is 362 g/mol. The van der Waals surface area contributed by atoms with E-state index in [0.29, 0.717) is 19.5 Å². The molecule has 7 nitrogen and oxygen atoms in total. The minimum absolute atomic E-state index is 0.146. The van der Waals surface area contributed by atoms with Gasteiger partial charge in [0.1, 0.15) is 0 Å². The number of sulfonamides is 1.